The fraction of sp³-hybridized carbons (Fsp3) is 0.286. The SMILES string of the molecule is CC(C)c1ccc(OCC(=O)NCCn2ccc(-c3ccccn3)n2)cc1. The number of ether oxygens (including phenoxy) is 1. The lowest BCUT2D eigenvalue weighted by molar-refractivity contribution is -0.123. The van der Waals surface area contributed by atoms with E-state index in [1.165, 1.54) is 5.56 Å². The molecule has 6 nitrogen and oxygen atoms in total. The second kappa shape index (κ2) is 8.98. The Balaban J connectivity index is 1.40. The normalized spacial score (nSPS) is 10.8. The highest BCUT2D eigenvalue weighted by Crippen LogP contribution is 2.18. The molecule has 1 amide bonds. The Kier molecular flexibility index (Phi) is 6.20. The summed E-state index contributed by atoms with van der Waals surface area (Å²) in [4.78, 5) is 16.2. The third-order valence-corrected chi connectivity index (χ3v) is 4.15. The molecule has 0 aliphatic rings. The van der Waals surface area contributed by atoms with Gasteiger partial charge in [0.2, 0.25) is 0 Å². The third-order valence-electron chi connectivity index (χ3n) is 4.15. The average molecular weight is 364 g/mol. The molecule has 0 spiro atoms. The van der Waals surface area contributed by atoms with Gasteiger partial charge in [-0.05, 0) is 41.8 Å². The van der Waals surface area contributed by atoms with E-state index in [0.717, 1.165) is 11.4 Å². The summed E-state index contributed by atoms with van der Waals surface area (Å²) in [5.74, 6) is 1.02. The van der Waals surface area contributed by atoms with E-state index < -0.39 is 0 Å². The van der Waals surface area contributed by atoms with E-state index in [1.54, 1.807) is 10.9 Å². The molecule has 2 heterocycles. The molecule has 3 rings (SSSR count). The Hall–Kier alpha value is -3.15. The van der Waals surface area contributed by atoms with Crippen LogP contribution in [0.1, 0.15) is 25.3 Å². The van der Waals surface area contributed by atoms with Gasteiger partial charge in [0.15, 0.2) is 6.61 Å². The molecule has 0 aliphatic heterocycles. The Morgan fingerprint density at radius 1 is 1.11 bits per heavy atom. The molecule has 0 unspecified atom stereocenters. The summed E-state index contributed by atoms with van der Waals surface area (Å²) in [6.07, 6.45) is 3.62. The van der Waals surface area contributed by atoms with Gasteiger partial charge in [0.25, 0.3) is 5.91 Å². The third kappa shape index (κ3) is 5.41. The first-order valence-corrected chi connectivity index (χ1v) is 9.06. The van der Waals surface area contributed by atoms with Gasteiger partial charge in [0.1, 0.15) is 11.4 Å². The molecule has 3 aromatic rings. The van der Waals surface area contributed by atoms with Crippen molar-refractivity contribution in [3.8, 4) is 17.1 Å². The standard InChI is InChI=1S/C21H24N4O2/c1-16(2)17-6-8-18(9-7-17)27-15-21(26)23-12-14-25-13-10-20(24-25)19-5-3-4-11-22-19/h3-11,13,16H,12,14-15H2,1-2H3,(H,23,26). The Labute approximate surface area is 159 Å². The van der Waals surface area contributed by atoms with Crippen molar-refractivity contribution in [2.24, 2.45) is 0 Å². The van der Waals surface area contributed by atoms with E-state index in [9.17, 15) is 4.79 Å². The number of pyridine rings is 1. The highest BCUT2D eigenvalue weighted by Gasteiger charge is 2.05. The quantitative estimate of drug-likeness (QED) is 0.666. The van der Waals surface area contributed by atoms with Crippen molar-refractivity contribution in [2.75, 3.05) is 13.2 Å². The van der Waals surface area contributed by atoms with Crippen LogP contribution < -0.4 is 10.1 Å². The fourth-order valence-electron chi connectivity index (χ4n) is 2.60. The fourth-order valence-corrected chi connectivity index (χ4v) is 2.60. The van der Waals surface area contributed by atoms with E-state index in [0.29, 0.717) is 24.8 Å². The van der Waals surface area contributed by atoms with E-state index in [-0.39, 0.29) is 12.5 Å². The van der Waals surface area contributed by atoms with Gasteiger partial charge in [-0.15, -0.1) is 0 Å². The van der Waals surface area contributed by atoms with Crippen molar-refractivity contribution in [3.63, 3.8) is 0 Å². The molecule has 0 bridgehead atoms. The van der Waals surface area contributed by atoms with Gasteiger partial charge in [-0.2, -0.15) is 5.10 Å². The highest BCUT2D eigenvalue weighted by atomic mass is 16.5. The molecule has 0 saturated heterocycles. The van der Waals surface area contributed by atoms with Crippen molar-refractivity contribution >= 4 is 5.91 Å². The summed E-state index contributed by atoms with van der Waals surface area (Å²) < 4.78 is 7.31. The molecule has 140 valence electrons. The van der Waals surface area contributed by atoms with E-state index in [4.69, 9.17) is 4.74 Å². The summed E-state index contributed by atoms with van der Waals surface area (Å²) in [5.41, 5.74) is 2.89. The summed E-state index contributed by atoms with van der Waals surface area (Å²) in [6, 6.07) is 15.5. The molecule has 1 aromatic carbocycles. The summed E-state index contributed by atoms with van der Waals surface area (Å²) in [7, 11) is 0. The zero-order chi connectivity index (χ0) is 19.1. The number of hydrogen-bond donors (Lipinski definition) is 1. The number of nitrogens with one attached hydrogen (secondary N) is 1. The van der Waals surface area contributed by atoms with Gasteiger partial charge in [0, 0.05) is 18.9 Å². The Bertz CT molecular complexity index is 857. The van der Waals surface area contributed by atoms with Crippen molar-refractivity contribution in [1.29, 1.82) is 0 Å². The van der Waals surface area contributed by atoms with Crippen LogP contribution in [0, 0.1) is 0 Å². The minimum absolute atomic E-state index is 0.000677. The lowest BCUT2D eigenvalue weighted by Crippen LogP contribution is -2.31. The first-order chi connectivity index (χ1) is 13.1. The molecule has 2 aromatic heterocycles. The minimum Gasteiger partial charge on any atom is -0.484 e. The summed E-state index contributed by atoms with van der Waals surface area (Å²) in [6.45, 7) is 5.35. The number of carbonyl (C=O) groups is 1. The number of aromatic nitrogens is 3. The number of benzene rings is 1. The zero-order valence-corrected chi connectivity index (χ0v) is 15.6. The second-order valence-electron chi connectivity index (χ2n) is 6.54. The first-order valence-electron chi connectivity index (χ1n) is 9.06. The second-order valence-corrected chi connectivity index (χ2v) is 6.54. The van der Waals surface area contributed by atoms with E-state index >= 15 is 0 Å². The van der Waals surface area contributed by atoms with Gasteiger partial charge in [-0.25, -0.2) is 0 Å². The molecular weight excluding hydrogens is 340 g/mol. The van der Waals surface area contributed by atoms with Crippen molar-refractivity contribution in [3.05, 3.63) is 66.5 Å². The zero-order valence-electron chi connectivity index (χ0n) is 15.6. The monoisotopic (exact) mass is 364 g/mol. The van der Waals surface area contributed by atoms with Crippen LogP contribution in [0.2, 0.25) is 0 Å². The largest absolute Gasteiger partial charge is 0.484 e. The maximum Gasteiger partial charge on any atom is 0.258 e. The van der Waals surface area contributed by atoms with E-state index in [1.807, 2.05) is 54.7 Å². The number of carbonyl (C=O) groups excluding carboxylic acids is 1. The van der Waals surface area contributed by atoms with Crippen molar-refractivity contribution in [1.82, 2.24) is 20.1 Å². The van der Waals surface area contributed by atoms with Gasteiger partial charge >= 0.3 is 0 Å². The molecule has 0 fully saturated rings. The lowest BCUT2D eigenvalue weighted by atomic mass is 10.0. The minimum atomic E-state index is -0.153. The topological polar surface area (TPSA) is 69.0 Å². The Morgan fingerprint density at radius 2 is 1.93 bits per heavy atom. The number of hydrogen-bond acceptors (Lipinski definition) is 4. The van der Waals surface area contributed by atoms with Gasteiger partial charge in [-0.3, -0.25) is 14.5 Å². The van der Waals surface area contributed by atoms with Crippen molar-refractivity contribution in [2.45, 2.75) is 26.3 Å². The van der Waals surface area contributed by atoms with Crippen LogP contribution in [0.4, 0.5) is 0 Å². The number of amides is 1. The highest BCUT2D eigenvalue weighted by molar-refractivity contribution is 5.77. The van der Waals surface area contributed by atoms with E-state index in [2.05, 4.69) is 29.2 Å². The molecule has 0 radical (unpaired) electrons. The van der Waals surface area contributed by atoms with Crippen LogP contribution >= 0.6 is 0 Å². The maximum absolute atomic E-state index is 11.9. The molecule has 1 N–H and O–H groups in total. The predicted molar refractivity (Wildman–Crippen MR) is 104 cm³/mol. The molecule has 6 heteroatoms. The van der Waals surface area contributed by atoms with Crippen LogP contribution in [0.25, 0.3) is 11.4 Å². The molecule has 0 atom stereocenters. The molecule has 0 saturated carbocycles. The number of nitrogens with zero attached hydrogens (tertiary/aromatic N) is 3. The summed E-state index contributed by atoms with van der Waals surface area (Å²) in [5, 5.41) is 7.30. The van der Waals surface area contributed by atoms with Crippen LogP contribution in [0.3, 0.4) is 0 Å². The van der Waals surface area contributed by atoms with Crippen LogP contribution in [-0.2, 0) is 11.3 Å². The first kappa shape index (κ1) is 18.6. The molecule has 0 aliphatic carbocycles. The smallest absolute Gasteiger partial charge is 0.258 e. The predicted octanol–water partition coefficient (Wildman–Crippen LogP) is 3.26. The van der Waals surface area contributed by atoms with Gasteiger partial charge in [0.05, 0.1) is 12.2 Å². The van der Waals surface area contributed by atoms with Gasteiger partial charge in [-0.1, -0.05) is 32.0 Å². The lowest BCUT2D eigenvalue weighted by Gasteiger charge is -2.09. The molecular formula is C21H24N4O2. The molecule has 27 heavy (non-hydrogen) atoms. The van der Waals surface area contributed by atoms with Crippen molar-refractivity contribution < 1.29 is 9.53 Å². The van der Waals surface area contributed by atoms with Gasteiger partial charge < -0.3 is 10.1 Å². The van der Waals surface area contributed by atoms with Crippen LogP contribution in [0.15, 0.2) is 60.9 Å². The van der Waals surface area contributed by atoms with Crippen LogP contribution in [-0.4, -0.2) is 33.8 Å². The number of rotatable bonds is 8. The average Bonchev–Trinajstić information content (AvgIpc) is 3.16. The maximum atomic E-state index is 11.9. The van der Waals surface area contributed by atoms with Crippen LogP contribution in [0.5, 0.6) is 5.75 Å². The summed E-state index contributed by atoms with van der Waals surface area (Å²) >= 11 is 0. The Morgan fingerprint density at radius 3 is 2.63 bits per heavy atom.